The minimum absolute atomic E-state index is 0.00955. The molecule has 0 rings (SSSR count). The Morgan fingerprint density at radius 3 is 2.36 bits per heavy atom. The lowest BCUT2D eigenvalue weighted by Crippen LogP contribution is -2.03. The van der Waals surface area contributed by atoms with Gasteiger partial charge in [0.2, 0.25) is 0 Å². The highest BCUT2D eigenvalue weighted by atomic mass is 16.3. The van der Waals surface area contributed by atoms with Gasteiger partial charge in [-0.15, -0.1) is 0 Å². The van der Waals surface area contributed by atoms with Crippen molar-refractivity contribution in [3.63, 3.8) is 0 Å². The van der Waals surface area contributed by atoms with Gasteiger partial charge in [0, 0.05) is 19.1 Å². The molecule has 0 spiro atoms. The zero-order valence-electron chi connectivity index (χ0n) is 6.61. The molecule has 3 nitrogen and oxygen atoms in total. The molecule has 0 amide bonds. The van der Waals surface area contributed by atoms with E-state index >= 15 is 0 Å². The fraction of sp³-hybridized carbons (Fsp3) is 0.750. The van der Waals surface area contributed by atoms with Crippen LogP contribution >= 0.6 is 0 Å². The molecule has 3 N–H and O–H groups in total. The van der Waals surface area contributed by atoms with Crippen molar-refractivity contribution in [1.82, 2.24) is 0 Å². The molecule has 1 unspecified atom stereocenters. The lowest BCUT2D eigenvalue weighted by molar-refractivity contribution is 0.225. The molecule has 0 saturated carbocycles. The number of aliphatic hydroxyl groups excluding tert-OH is 3. The Labute approximate surface area is 67.0 Å². The summed E-state index contributed by atoms with van der Waals surface area (Å²) in [4.78, 5) is 0. The monoisotopic (exact) mass is 160 g/mol. The van der Waals surface area contributed by atoms with E-state index in [1.807, 2.05) is 0 Å². The third kappa shape index (κ3) is 6.04. The van der Waals surface area contributed by atoms with E-state index in [9.17, 15) is 0 Å². The van der Waals surface area contributed by atoms with E-state index < -0.39 is 0 Å². The van der Waals surface area contributed by atoms with E-state index in [-0.39, 0.29) is 25.7 Å². The smallest absolute Gasteiger partial charge is 0.0612 e. The fourth-order valence-corrected chi connectivity index (χ4v) is 0.855. The van der Waals surface area contributed by atoms with Crippen LogP contribution in [-0.4, -0.2) is 35.1 Å². The van der Waals surface area contributed by atoms with Gasteiger partial charge in [0.05, 0.1) is 6.61 Å². The van der Waals surface area contributed by atoms with Crippen LogP contribution in [0.15, 0.2) is 12.2 Å². The molecule has 0 aromatic carbocycles. The second-order valence-corrected chi connectivity index (χ2v) is 2.42. The molecular weight excluding hydrogens is 144 g/mol. The maximum atomic E-state index is 8.76. The predicted octanol–water partition coefficient (Wildman–Crippen LogP) is -0.0841. The number of aliphatic hydroxyl groups is 3. The normalized spacial score (nSPS) is 14.1. The lowest BCUT2D eigenvalue weighted by Gasteiger charge is -2.06. The van der Waals surface area contributed by atoms with Gasteiger partial charge in [0.1, 0.15) is 0 Å². The quantitative estimate of drug-likeness (QED) is 0.476. The van der Waals surface area contributed by atoms with Gasteiger partial charge in [0.25, 0.3) is 0 Å². The van der Waals surface area contributed by atoms with Crippen LogP contribution in [0, 0.1) is 5.92 Å². The molecule has 0 aliphatic rings. The first kappa shape index (κ1) is 10.6. The maximum absolute atomic E-state index is 8.76. The first-order valence-electron chi connectivity index (χ1n) is 3.84. The Hall–Kier alpha value is -0.380. The summed E-state index contributed by atoms with van der Waals surface area (Å²) in [5, 5.41) is 25.7. The predicted molar refractivity (Wildman–Crippen MR) is 43.1 cm³/mol. The van der Waals surface area contributed by atoms with E-state index in [1.54, 1.807) is 12.2 Å². The minimum Gasteiger partial charge on any atom is -0.396 e. The molecule has 0 aromatic heterocycles. The third-order valence-electron chi connectivity index (χ3n) is 1.48. The highest BCUT2D eigenvalue weighted by Crippen LogP contribution is 2.06. The van der Waals surface area contributed by atoms with Crippen LogP contribution in [0.2, 0.25) is 0 Å². The molecule has 0 radical (unpaired) electrons. The molecule has 1 atom stereocenters. The Morgan fingerprint density at radius 2 is 1.91 bits per heavy atom. The summed E-state index contributed by atoms with van der Waals surface area (Å²) in [5.41, 5.74) is 0. The number of hydrogen-bond acceptors (Lipinski definition) is 3. The minimum atomic E-state index is 0.00955. The second kappa shape index (κ2) is 7.72. The molecule has 0 bridgehead atoms. The molecule has 0 heterocycles. The van der Waals surface area contributed by atoms with Gasteiger partial charge in [-0.25, -0.2) is 0 Å². The van der Waals surface area contributed by atoms with E-state index in [1.165, 1.54) is 0 Å². The summed E-state index contributed by atoms with van der Waals surface area (Å²) >= 11 is 0. The number of rotatable bonds is 6. The third-order valence-corrected chi connectivity index (χ3v) is 1.48. The van der Waals surface area contributed by atoms with Gasteiger partial charge >= 0.3 is 0 Å². The Bertz CT molecular complexity index is 102. The molecule has 3 heteroatoms. The van der Waals surface area contributed by atoms with Crippen LogP contribution in [0.1, 0.15) is 12.8 Å². The zero-order chi connectivity index (χ0) is 8.53. The Balaban J connectivity index is 3.48. The van der Waals surface area contributed by atoms with Gasteiger partial charge in [-0.3, -0.25) is 0 Å². The highest BCUT2D eigenvalue weighted by Gasteiger charge is 2.00. The molecule has 0 saturated heterocycles. The molecular formula is C8H16O3. The summed E-state index contributed by atoms with van der Waals surface area (Å²) in [7, 11) is 0. The first-order valence-corrected chi connectivity index (χ1v) is 3.84. The summed E-state index contributed by atoms with van der Waals surface area (Å²) in [6.07, 6.45) is 4.85. The van der Waals surface area contributed by atoms with E-state index in [0.717, 1.165) is 6.42 Å². The van der Waals surface area contributed by atoms with Gasteiger partial charge in [-0.2, -0.15) is 0 Å². The maximum Gasteiger partial charge on any atom is 0.0612 e. The summed E-state index contributed by atoms with van der Waals surface area (Å²) in [6, 6.07) is 0. The SMILES string of the molecule is OCC=CC(CO)CCCO. The standard InChI is InChI=1S/C8H16O3/c9-5-1-3-8(7-11)4-2-6-10/h1,3,8-11H,2,4-7H2. The Morgan fingerprint density at radius 1 is 1.18 bits per heavy atom. The van der Waals surface area contributed by atoms with Crippen molar-refractivity contribution in [2.45, 2.75) is 12.8 Å². The van der Waals surface area contributed by atoms with Crippen molar-refractivity contribution in [2.75, 3.05) is 19.8 Å². The van der Waals surface area contributed by atoms with Crippen LogP contribution < -0.4 is 0 Å². The van der Waals surface area contributed by atoms with Crippen molar-refractivity contribution in [1.29, 1.82) is 0 Å². The second-order valence-electron chi connectivity index (χ2n) is 2.42. The van der Waals surface area contributed by atoms with Gasteiger partial charge < -0.3 is 15.3 Å². The number of hydrogen-bond donors (Lipinski definition) is 3. The van der Waals surface area contributed by atoms with Crippen molar-refractivity contribution < 1.29 is 15.3 Å². The lowest BCUT2D eigenvalue weighted by atomic mass is 10.0. The molecule has 0 aromatic rings. The van der Waals surface area contributed by atoms with Gasteiger partial charge in [-0.05, 0) is 12.8 Å². The molecule has 11 heavy (non-hydrogen) atoms. The van der Waals surface area contributed by atoms with Crippen LogP contribution in [0.5, 0.6) is 0 Å². The largest absolute Gasteiger partial charge is 0.396 e. The van der Waals surface area contributed by atoms with Gasteiger partial charge in [0.15, 0.2) is 0 Å². The topological polar surface area (TPSA) is 60.7 Å². The zero-order valence-corrected chi connectivity index (χ0v) is 6.61. The summed E-state index contributed by atoms with van der Waals surface area (Å²) in [6.45, 7) is 0.246. The summed E-state index contributed by atoms with van der Waals surface area (Å²) in [5.74, 6) is 0.0781. The van der Waals surface area contributed by atoms with Crippen LogP contribution in [0.4, 0.5) is 0 Å². The van der Waals surface area contributed by atoms with E-state index in [2.05, 4.69) is 0 Å². The van der Waals surface area contributed by atoms with Gasteiger partial charge in [-0.1, -0.05) is 12.2 Å². The summed E-state index contributed by atoms with van der Waals surface area (Å²) < 4.78 is 0. The average Bonchev–Trinajstić information content (AvgIpc) is 2.05. The van der Waals surface area contributed by atoms with Crippen LogP contribution in [0.3, 0.4) is 0 Å². The fourth-order valence-electron chi connectivity index (χ4n) is 0.855. The van der Waals surface area contributed by atoms with E-state index in [4.69, 9.17) is 15.3 Å². The first-order chi connectivity index (χ1) is 5.35. The Kier molecular flexibility index (Phi) is 7.46. The van der Waals surface area contributed by atoms with Crippen LogP contribution in [0.25, 0.3) is 0 Å². The molecule has 66 valence electrons. The average molecular weight is 160 g/mol. The van der Waals surface area contributed by atoms with Crippen molar-refractivity contribution >= 4 is 0 Å². The molecule has 0 aliphatic heterocycles. The van der Waals surface area contributed by atoms with Crippen molar-refractivity contribution in [3.8, 4) is 0 Å². The van der Waals surface area contributed by atoms with Crippen molar-refractivity contribution in [3.05, 3.63) is 12.2 Å². The van der Waals surface area contributed by atoms with Crippen molar-refractivity contribution in [2.24, 2.45) is 5.92 Å². The van der Waals surface area contributed by atoms with E-state index in [0.29, 0.717) is 6.42 Å². The molecule has 0 fully saturated rings. The molecule has 0 aliphatic carbocycles. The van der Waals surface area contributed by atoms with Crippen LogP contribution in [-0.2, 0) is 0 Å². The highest BCUT2D eigenvalue weighted by molar-refractivity contribution is 4.87.